The molecule has 62 valence electrons. The van der Waals surface area contributed by atoms with Crippen LogP contribution in [0.3, 0.4) is 0 Å². The molecule has 0 saturated heterocycles. The zero-order valence-electron chi connectivity index (χ0n) is 7.53. The molecule has 0 spiro atoms. The zero-order valence-corrected chi connectivity index (χ0v) is 7.53. The minimum Gasteiger partial charge on any atom is -0.0707 e. The van der Waals surface area contributed by atoms with Crippen LogP contribution in [0, 0.1) is 5.92 Å². The van der Waals surface area contributed by atoms with E-state index < -0.39 is 0 Å². The summed E-state index contributed by atoms with van der Waals surface area (Å²) in [7, 11) is 0. The van der Waals surface area contributed by atoms with Crippen molar-refractivity contribution in [2.45, 2.75) is 51.9 Å². The van der Waals surface area contributed by atoms with Crippen LogP contribution in [0.2, 0.25) is 0 Å². The molecule has 2 aliphatic rings. The first-order valence-electron chi connectivity index (χ1n) is 5.12. The molecule has 0 N–H and O–H groups in total. The summed E-state index contributed by atoms with van der Waals surface area (Å²) in [6.45, 7) is 2.31. The van der Waals surface area contributed by atoms with E-state index in [-0.39, 0.29) is 0 Å². The number of hydrogen-bond acceptors (Lipinski definition) is 0. The predicted molar refractivity (Wildman–Crippen MR) is 48.5 cm³/mol. The molecule has 2 rings (SSSR count). The second kappa shape index (κ2) is 3.00. The standard InChI is InChI=1S/C11H18/c1-2-9-7-8-11(9)10-5-3-4-6-10/h10H,2-8H2,1H3. The fourth-order valence-electron chi connectivity index (χ4n) is 2.62. The highest BCUT2D eigenvalue weighted by Crippen LogP contribution is 2.42. The van der Waals surface area contributed by atoms with Crippen LogP contribution in [-0.2, 0) is 0 Å². The molecular formula is C11H18. The van der Waals surface area contributed by atoms with Gasteiger partial charge >= 0.3 is 0 Å². The van der Waals surface area contributed by atoms with Crippen LogP contribution >= 0.6 is 0 Å². The van der Waals surface area contributed by atoms with Gasteiger partial charge in [0.25, 0.3) is 0 Å². The third kappa shape index (κ3) is 1.23. The fraction of sp³-hybridized carbons (Fsp3) is 0.818. The van der Waals surface area contributed by atoms with E-state index in [1.54, 1.807) is 5.57 Å². The molecule has 0 unspecified atom stereocenters. The minimum absolute atomic E-state index is 1.03. The third-order valence-corrected chi connectivity index (χ3v) is 3.42. The van der Waals surface area contributed by atoms with Gasteiger partial charge < -0.3 is 0 Å². The first kappa shape index (κ1) is 7.39. The van der Waals surface area contributed by atoms with Crippen LogP contribution in [0.25, 0.3) is 0 Å². The van der Waals surface area contributed by atoms with Crippen LogP contribution in [0.15, 0.2) is 11.1 Å². The average Bonchev–Trinajstić information content (AvgIpc) is 2.39. The van der Waals surface area contributed by atoms with Crippen molar-refractivity contribution in [2.75, 3.05) is 0 Å². The van der Waals surface area contributed by atoms with E-state index in [4.69, 9.17) is 0 Å². The van der Waals surface area contributed by atoms with Gasteiger partial charge in [0.2, 0.25) is 0 Å². The van der Waals surface area contributed by atoms with Crippen molar-refractivity contribution < 1.29 is 0 Å². The molecule has 0 nitrogen and oxygen atoms in total. The molecule has 2 aliphatic carbocycles. The lowest BCUT2D eigenvalue weighted by molar-refractivity contribution is 0.551. The molecule has 1 fully saturated rings. The molecule has 0 aromatic carbocycles. The highest BCUT2D eigenvalue weighted by Gasteiger charge is 2.25. The minimum atomic E-state index is 1.03. The van der Waals surface area contributed by atoms with E-state index in [2.05, 4.69) is 6.92 Å². The second-order valence-electron chi connectivity index (χ2n) is 3.96. The Morgan fingerprint density at radius 3 is 2.36 bits per heavy atom. The van der Waals surface area contributed by atoms with Crippen LogP contribution in [0.5, 0.6) is 0 Å². The normalized spacial score (nSPS) is 25.9. The highest BCUT2D eigenvalue weighted by atomic mass is 14.3. The Labute approximate surface area is 69.7 Å². The molecule has 1 saturated carbocycles. The van der Waals surface area contributed by atoms with Gasteiger partial charge in [-0.05, 0) is 38.0 Å². The molecule has 0 heterocycles. The molecule has 0 aromatic heterocycles. The Morgan fingerprint density at radius 2 is 1.91 bits per heavy atom. The Balaban J connectivity index is 2.03. The summed E-state index contributed by atoms with van der Waals surface area (Å²) in [5.74, 6) is 1.03. The quantitative estimate of drug-likeness (QED) is 0.527. The van der Waals surface area contributed by atoms with Gasteiger partial charge in [-0.3, -0.25) is 0 Å². The molecule has 11 heavy (non-hydrogen) atoms. The van der Waals surface area contributed by atoms with E-state index in [0.29, 0.717) is 0 Å². The summed E-state index contributed by atoms with van der Waals surface area (Å²) >= 11 is 0. The van der Waals surface area contributed by atoms with Gasteiger partial charge in [0.15, 0.2) is 0 Å². The predicted octanol–water partition coefficient (Wildman–Crippen LogP) is 3.68. The van der Waals surface area contributed by atoms with Gasteiger partial charge in [0.05, 0.1) is 0 Å². The molecule has 0 amide bonds. The lowest BCUT2D eigenvalue weighted by Gasteiger charge is -2.28. The second-order valence-corrected chi connectivity index (χ2v) is 3.96. The first-order chi connectivity index (χ1) is 5.42. The van der Waals surface area contributed by atoms with Gasteiger partial charge in [-0.1, -0.05) is 30.9 Å². The number of allylic oxidation sites excluding steroid dienone is 2. The van der Waals surface area contributed by atoms with Crippen LogP contribution < -0.4 is 0 Å². The van der Waals surface area contributed by atoms with Gasteiger partial charge in [-0.15, -0.1) is 0 Å². The van der Waals surface area contributed by atoms with E-state index in [1.807, 2.05) is 5.57 Å². The Hall–Kier alpha value is -0.260. The largest absolute Gasteiger partial charge is 0.0707 e. The van der Waals surface area contributed by atoms with Crippen molar-refractivity contribution in [2.24, 2.45) is 5.92 Å². The van der Waals surface area contributed by atoms with Crippen LogP contribution in [0.1, 0.15) is 51.9 Å². The van der Waals surface area contributed by atoms with E-state index >= 15 is 0 Å². The van der Waals surface area contributed by atoms with Crippen molar-refractivity contribution in [3.05, 3.63) is 11.1 Å². The lowest BCUT2D eigenvalue weighted by Crippen LogP contribution is -2.11. The maximum Gasteiger partial charge on any atom is -0.0200 e. The molecule has 0 radical (unpaired) electrons. The zero-order chi connectivity index (χ0) is 7.68. The summed E-state index contributed by atoms with van der Waals surface area (Å²) in [6.07, 6.45) is 10.2. The van der Waals surface area contributed by atoms with Crippen molar-refractivity contribution in [1.82, 2.24) is 0 Å². The molecule has 0 aromatic rings. The molecule has 0 aliphatic heterocycles. The van der Waals surface area contributed by atoms with Gasteiger partial charge in [0.1, 0.15) is 0 Å². The van der Waals surface area contributed by atoms with Gasteiger partial charge in [-0.25, -0.2) is 0 Å². The van der Waals surface area contributed by atoms with E-state index in [1.165, 1.54) is 44.9 Å². The molecular weight excluding hydrogens is 132 g/mol. The lowest BCUT2D eigenvalue weighted by atomic mass is 9.78. The Bertz CT molecular complexity index is 170. The summed E-state index contributed by atoms with van der Waals surface area (Å²) in [5.41, 5.74) is 3.67. The number of rotatable bonds is 2. The van der Waals surface area contributed by atoms with Crippen molar-refractivity contribution in [1.29, 1.82) is 0 Å². The number of hydrogen-bond donors (Lipinski definition) is 0. The van der Waals surface area contributed by atoms with E-state index in [0.717, 1.165) is 5.92 Å². The Morgan fingerprint density at radius 1 is 1.18 bits per heavy atom. The van der Waals surface area contributed by atoms with Crippen LogP contribution in [-0.4, -0.2) is 0 Å². The molecule has 0 bridgehead atoms. The summed E-state index contributed by atoms with van der Waals surface area (Å²) < 4.78 is 0. The highest BCUT2D eigenvalue weighted by molar-refractivity contribution is 5.26. The summed E-state index contributed by atoms with van der Waals surface area (Å²) in [5, 5.41) is 0. The van der Waals surface area contributed by atoms with Gasteiger partial charge in [-0.2, -0.15) is 0 Å². The molecule has 0 heteroatoms. The maximum atomic E-state index is 2.31. The van der Waals surface area contributed by atoms with Gasteiger partial charge in [0, 0.05) is 0 Å². The average molecular weight is 150 g/mol. The summed E-state index contributed by atoms with van der Waals surface area (Å²) in [6, 6.07) is 0. The topological polar surface area (TPSA) is 0 Å². The maximum absolute atomic E-state index is 2.31. The fourth-order valence-corrected chi connectivity index (χ4v) is 2.62. The van der Waals surface area contributed by atoms with Crippen LogP contribution in [0.4, 0.5) is 0 Å². The smallest absolute Gasteiger partial charge is 0.0200 e. The van der Waals surface area contributed by atoms with E-state index in [9.17, 15) is 0 Å². The third-order valence-electron chi connectivity index (χ3n) is 3.42. The first-order valence-corrected chi connectivity index (χ1v) is 5.12. The monoisotopic (exact) mass is 150 g/mol. The summed E-state index contributed by atoms with van der Waals surface area (Å²) in [4.78, 5) is 0. The molecule has 0 atom stereocenters. The Kier molecular flexibility index (Phi) is 2.02. The van der Waals surface area contributed by atoms with Crippen molar-refractivity contribution in [3.8, 4) is 0 Å². The van der Waals surface area contributed by atoms with Crippen molar-refractivity contribution in [3.63, 3.8) is 0 Å². The SMILES string of the molecule is CCC1=C(C2CCCC2)CC1. The van der Waals surface area contributed by atoms with Crippen molar-refractivity contribution >= 4 is 0 Å².